The van der Waals surface area contributed by atoms with Gasteiger partial charge in [-0.25, -0.2) is 4.79 Å². The predicted octanol–water partition coefficient (Wildman–Crippen LogP) is 3.52. The maximum absolute atomic E-state index is 12.6. The Bertz CT molecular complexity index is 893. The van der Waals surface area contributed by atoms with Crippen molar-refractivity contribution < 1.29 is 23.9 Å². The molecular weight excluding hydrogens is 378 g/mol. The lowest BCUT2D eigenvalue weighted by Crippen LogP contribution is -2.30. The average Bonchev–Trinajstić information content (AvgIpc) is 2.99. The van der Waals surface area contributed by atoms with Crippen LogP contribution in [0.2, 0.25) is 0 Å². The van der Waals surface area contributed by atoms with E-state index in [1.165, 1.54) is 12.0 Å². The second-order valence-electron chi connectivity index (χ2n) is 6.00. The number of carbonyl (C=O) groups excluding carboxylic acids is 3. The Hall–Kier alpha value is -3.06. The number of imide groups is 1. The molecule has 0 bridgehead atoms. The van der Waals surface area contributed by atoms with Gasteiger partial charge in [0, 0.05) is 6.54 Å². The highest BCUT2D eigenvalue weighted by atomic mass is 32.2. The van der Waals surface area contributed by atoms with E-state index in [4.69, 9.17) is 4.74 Å². The molecule has 0 unspecified atom stereocenters. The van der Waals surface area contributed by atoms with Crippen LogP contribution in [0.25, 0.3) is 6.08 Å². The molecule has 144 valence electrons. The second kappa shape index (κ2) is 9.23. The zero-order chi connectivity index (χ0) is 19.9. The van der Waals surface area contributed by atoms with E-state index in [2.05, 4.69) is 4.74 Å². The van der Waals surface area contributed by atoms with Crippen LogP contribution in [0, 0.1) is 0 Å². The van der Waals surface area contributed by atoms with Crippen molar-refractivity contribution in [1.82, 2.24) is 4.90 Å². The first kappa shape index (κ1) is 19.7. The van der Waals surface area contributed by atoms with Crippen LogP contribution in [0.4, 0.5) is 4.79 Å². The van der Waals surface area contributed by atoms with E-state index in [0.717, 1.165) is 22.9 Å². The smallest absolute Gasteiger partial charge is 0.343 e. The van der Waals surface area contributed by atoms with Crippen LogP contribution in [0.15, 0.2) is 59.5 Å². The van der Waals surface area contributed by atoms with Crippen molar-refractivity contribution in [2.75, 3.05) is 20.3 Å². The maximum Gasteiger partial charge on any atom is 0.343 e. The molecule has 0 atom stereocenters. The number of benzene rings is 2. The van der Waals surface area contributed by atoms with Crippen molar-refractivity contribution in [1.29, 1.82) is 0 Å². The van der Waals surface area contributed by atoms with Crippen molar-refractivity contribution in [3.05, 3.63) is 70.6 Å². The molecule has 0 saturated carbocycles. The Labute approximate surface area is 167 Å². The van der Waals surface area contributed by atoms with Crippen LogP contribution >= 0.6 is 11.8 Å². The molecule has 1 heterocycles. The number of esters is 1. The van der Waals surface area contributed by atoms with Gasteiger partial charge < -0.3 is 9.47 Å². The Balaban J connectivity index is 1.62. The highest BCUT2D eigenvalue weighted by Crippen LogP contribution is 2.32. The Kier molecular flexibility index (Phi) is 6.49. The predicted molar refractivity (Wildman–Crippen MR) is 107 cm³/mol. The monoisotopic (exact) mass is 397 g/mol. The summed E-state index contributed by atoms with van der Waals surface area (Å²) in [5, 5.41) is -0.259. The van der Waals surface area contributed by atoms with Gasteiger partial charge in [-0.3, -0.25) is 14.5 Å². The van der Waals surface area contributed by atoms with E-state index in [-0.39, 0.29) is 17.8 Å². The minimum Gasteiger partial charge on any atom is -0.482 e. The fourth-order valence-corrected chi connectivity index (χ4v) is 3.46. The molecule has 1 fully saturated rings. The molecule has 2 aromatic rings. The van der Waals surface area contributed by atoms with Crippen LogP contribution in [-0.4, -0.2) is 42.3 Å². The highest BCUT2D eigenvalue weighted by Gasteiger charge is 2.34. The topological polar surface area (TPSA) is 72.9 Å². The number of thioether (sulfide) groups is 1. The SMILES string of the molecule is COC(=O)COc1ccc(/C=C2\SC(=O)N(CCc3ccccc3)C2=O)cc1. The first-order valence-corrected chi connectivity index (χ1v) is 9.47. The molecule has 2 amide bonds. The van der Waals surface area contributed by atoms with Crippen molar-refractivity contribution in [3.8, 4) is 5.75 Å². The highest BCUT2D eigenvalue weighted by molar-refractivity contribution is 8.18. The van der Waals surface area contributed by atoms with Crippen molar-refractivity contribution in [2.45, 2.75) is 6.42 Å². The lowest BCUT2D eigenvalue weighted by molar-refractivity contribution is -0.142. The van der Waals surface area contributed by atoms with E-state index in [1.807, 2.05) is 30.3 Å². The molecule has 6 nitrogen and oxygen atoms in total. The molecule has 0 aliphatic carbocycles. The molecule has 3 rings (SSSR count). The Morgan fingerprint density at radius 2 is 1.79 bits per heavy atom. The van der Waals surface area contributed by atoms with Gasteiger partial charge in [0.05, 0.1) is 12.0 Å². The normalized spacial score (nSPS) is 15.2. The molecule has 28 heavy (non-hydrogen) atoms. The minimum absolute atomic E-state index is 0.170. The third-order valence-electron chi connectivity index (χ3n) is 4.10. The third-order valence-corrected chi connectivity index (χ3v) is 5.01. The van der Waals surface area contributed by atoms with E-state index < -0.39 is 5.97 Å². The molecule has 1 aliphatic rings. The van der Waals surface area contributed by atoms with Crippen molar-refractivity contribution in [3.63, 3.8) is 0 Å². The van der Waals surface area contributed by atoms with Crippen LogP contribution in [0.3, 0.4) is 0 Å². The lowest BCUT2D eigenvalue weighted by Gasteiger charge is -2.12. The van der Waals surface area contributed by atoms with Crippen molar-refractivity contribution >= 4 is 35.0 Å². The van der Waals surface area contributed by atoms with Crippen LogP contribution in [0.5, 0.6) is 5.75 Å². The number of hydrogen-bond donors (Lipinski definition) is 0. The Morgan fingerprint density at radius 1 is 1.07 bits per heavy atom. The fourth-order valence-electron chi connectivity index (χ4n) is 2.59. The van der Waals surface area contributed by atoms with Crippen molar-refractivity contribution in [2.24, 2.45) is 0 Å². The molecule has 0 aromatic heterocycles. The summed E-state index contributed by atoms with van der Waals surface area (Å²) >= 11 is 0.939. The quantitative estimate of drug-likeness (QED) is 0.526. The maximum atomic E-state index is 12.6. The summed E-state index contributed by atoms with van der Waals surface area (Å²) < 4.78 is 9.80. The summed E-state index contributed by atoms with van der Waals surface area (Å²) in [6.07, 6.45) is 2.30. The number of hydrogen-bond acceptors (Lipinski definition) is 6. The third kappa shape index (κ3) is 5.01. The van der Waals surface area contributed by atoms with Gasteiger partial charge in [-0.2, -0.15) is 0 Å². The van der Waals surface area contributed by atoms with E-state index >= 15 is 0 Å². The largest absolute Gasteiger partial charge is 0.482 e. The first-order chi connectivity index (χ1) is 13.6. The molecule has 0 spiro atoms. The average molecular weight is 397 g/mol. The van der Waals surface area contributed by atoms with Gasteiger partial charge in [0.25, 0.3) is 11.1 Å². The molecule has 1 aliphatic heterocycles. The van der Waals surface area contributed by atoms with E-state index in [9.17, 15) is 14.4 Å². The standard InChI is InChI=1S/C21H19NO5S/c1-26-19(23)14-27-17-9-7-16(8-10-17)13-18-20(24)22(21(25)28-18)12-11-15-5-3-2-4-6-15/h2-10,13H,11-12,14H2,1H3/b18-13-. The van der Waals surface area contributed by atoms with E-state index in [0.29, 0.717) is 23.6 Å². The molecular formula is C21H19NO5S. The Morgan fingerprint density at radius 3 is 2.46 bits per heavy atom. The zero-order valence-corrected chi connectivity index (χ0v) is 16.1. The number of amides is 2. The first-order valence-electron chi connectivity index (χ1n) is 8.66. The summed E-state index contributed by atoms with van der Waals surface area (Å²) in [7, 11) is 1.29. The van der Waals surface area contributed by atoms with Gasteiger partial charge in [-0.1, -0.05) is 42.5 Å². The summed E-state index contributed by atoms with van der Waals surface area (Å²) in [6.45, 7) is 0.183. The number of nitrogens with zero attached hydrogens (tertiary/aromatic N) is 1. The van der Waals surface area contributed by atoms with Gasteiger partial charge in [-0.05, 0) is 47.5 Å². The number of ether oxygens (including phenoxy) is 2. The van der Waals surface area contributed by atoms with Gasteiger partial charge in [0.15, 0.2) is 6.61 Å². The summed E-state index contributed by atoms with van der Waals surface area (Å²) in [5.74, 6) is -0.233. The zero-order valence-electron chi connectivity index (χ0n) is 15.3. The molecule has 0 radical (unpaired) electrons. The van der Waals surface area contributed by atoms with Gasteiger partial charge in [0.1, 0.15) is 5.75 Å². The molecule has 7 heteroatoms. The number of carbonyl (C=O) groups is 3. The molecule has 2 aromatic carbocycles. The van der Waals surface area contributed by atoms with Crippen LogP contribution in [0.1, 0.15) is 11.1 Å². The van der Waals surface area contributed by atoms with Gasteiger partial charge in [-0.15, -0.1) is 0 Å². The summed E-state index contributed by atoms with van der Waals surface area (Å²) in [6, 6.07) is 16.6. The lowest BCUT2D eigenvalue weighted by atomic mass is 10.1. The number of methoxy groups -OCH3 is 1. The summed E-state index contributed by atoms with van der Waals surface area (Å²) in [4.78, 5) is 37.5. The number of rotatable bonds is 7. The van der Waals surface area contributed by atoms with E-state index in [1.54, 1.807) is 30.3 Å². The minimum atomic E-state index is -0.465. The molecule has 1 saturated heterocycles. The molecule has 0 N–H and O–H groups in total. The van der Waals surface area contributed by atoms with Gasteiger partial charge >= 0.3 is 5.97 Å². The van der Waals surface area contributed by atoms with Crippen LogP contribution in [-0.2, 0) is 20.7 Å². The summed E-state index contributed by atoms with van der Waals surface area (Å²) in [5.41, 5.74) is 1.84. The second-order valence-corrected chi connectivity index (χ2v) is 7.00. The van der Waals surface area contributed by atoms with Gasteiger partial charge in [0.2, 0.25) is 0 Å². The van der Waals surface area contributed by atoms with Crippen LogP contribution < -0.4 is 4.74 Å². The fraction of sp³-hybridized carbons (Fsp3) is 0.190.